The molecule has 1 aliphatic heterocycles. The van der Waals surface area contributed by atoms with Gasteiger partial charge < -0.3 is 9.64 Å². The minimum atomic E-state index is -0.788. The maximum absolute atomic E-state index is 14.0. The van der Waals surface area contributed by atoms with Crippen LogP contribution in [0, 0.1) is 0 Å². The van der Waals surface area contributed by atoms with Crippen LogP contribution < -0.4 is 0 Å². The number of nitrogens with zero attached hydrogens (tertiary/aromatic N) is 4. The van der Waals surface area contributed by atoms with Crippen molar-refractivity contribution in [3.05, 3.63) is 65.1 Å². The Hall–Kier alpha value is -3.04. The Morgan fingerprint density at radius 2 is 1.94 bits per heavy atom. The molecule has 0 spiro atoms. The summed E-state index contributed by atoms with van der Waals surface area (Å²) in [5.74, 6) is 0.104. The number of thioether (sulfide) groups is 1. The third kappa shape index (κ3) is 5.01. The Labute approximate surface area is 213 Å². The maximum Gasteiger partial charge on any atom is 0.412 e. The molecular formula is C25H27ClN4O4S. The van der Waals surface area contributed by atoms with Crippen molar-refractivity contribution in [2.75, 3.05) is 19.8 Å². The number of halogens is 1. The summed E-state index contributed by atoms with van der Waals surface area (Å²) < 4.78 is 7.10. The summed E-state index contributed by atoms with van der Waals surface area (Å²) in [6, 6.07) is 7.63. The average Bonchev–Trinajstić information content (AvgIpc) is 3.39. The minimum absolute atomic E-state index is 0.271. The zero-order valence-electron chi connectivity index (χ0n) is 20.2. The molecule has 0 saturated carbocycles. The van der Waals surface area contributed by atoms with E-state index >= 15 is 0 Å². The third-order valence-electron chi connectivity index (χ3n) is 5.50. The van der Waals surface area contributed by atoms with Crippen LogP contribution in [0.2, 0.25) is 5.02 Å². The molecule has 0 aliphatic carbocycles. The number of rotatable bonds is 3. The molecule has 0 N–H and O–H groups in total. The fourth-order valence-electron chi connectivity index (χ4n) is 3.97. The van der Waals surface area contributed by atoms with Crippen molar-refractivity contribution in [3.8, 4) is 0 Å². The lowest BCUT2D eigenvalue weighted by Gasteiger charge is -2.31. The van der Waals surface area contributed by atoms with E-state index in [-0.39, 0.29) is 11.8 Å². The number of amides is 2. The van der Waals surface area contributed by atoms with Crippen LogP contribution in [0.15, 0.2) is 48.9 Å². The van der Waals surface area contributed by atoms with Crippen LogP contribution in [0.5, 0.6) is 0 Å². The zero-order valence-corrected chi connectivity index (χ0v) is 21.8. The van der Waals surface area contributed by atoms with Crippen LogP contribution >= 0.6 is 23.4 Å². The van der Waals surface area contributed by atoms with Gasteiger partial charge in [0.25, 0.3) is 0 Å². The molecule has 2 amide bonds. The number of carbonyl (C=O) groups is 3. The smallest absolute Gasteiger partial charge is 0.412 e. The Morgan fingerprint density at radius 1 is 1.20 bits per heavy atom. The highest BCUT2D eigenvalue weighted by Crippen LogP contribution is 2.43. The number of benzene rings is 1. The molecule has 1 fully saturated rings. The van der Waals surface area contributed by atoms with E-state index in [2.05, 4.69) is 4.98 Å². The minimum Gasteiger partial charge on any atom is -0.444 e. The summed E-state index contributed by atoms with van der Waals surface area (Å²) in [6.07, 6.45) is 4.29. The monoisotopic (exact) mass is 514 g/mol. The van der Waals surface area contributed by atoms with Crippen molar-refractivity contribution in [3.63, 3.8) is 0 Å². The van der Waals surface area contributed by atoms with Crippen LogP contribution in [-0.4, -0.2) is 68.7 Å². The molecule has 10 heteroatoms. The van der Waals surface area contributed by atoms with Gasteiger partial charge in [-0.1, -0.05) is 23.7 Å². The molecule has 2 aromatic heterocycles. The van der Waals surface area contributed by atoms with Crippen molar-refractivity contribution in [1.29, 1.82) is 0 Å². The van der Waals surface area contributed by atoms with Crippen LogP contribution in [-0.2, 0) is 4.74 Å². The number of hydrogen-bond acceptors (Lipinski definition) is 6. The van der Waals surface area contributed by atoms with Gasteiger partial charge in [-0.25, -0.2) is 9.59 Å². The molecule has 4 rings (SSSR count). The van der Waals surface area contributed by atoms with E-state index in [4.69, 9.17) is 16.3 Å². The first-order chi connectivity index (χ1) is 16.5. The average molecular weight is 515 g/mol. The zero-order chi connectivity index (χ0) is 25.5. The summed E-state index contributed by atoms with van der Waals surface area (Å²) in [5.41, 5.74) is 0.939. The standard InChI is InChI=1S/C25H27ClN4O4S/c1-25(2,3)34-24(33)30-20(14-35-22(30)15-7-6-10-27-12-15)21(31)18-13-29(23(32)28(4)5)19-11-16(26)8-9-17(18)19/h6-13,20,22H,14H2,1-5H3/t20-,22?/m0/s1. The van der Waals surface area contributed by atoms with Crippen molar-refractivity contribution >= 4 is 52.2 Å². The number of carbonyl (C=O) groups excluding carboxylic acids is 3. The van der Waals surface area contributed by atoms with E-state index in [1.54, 1.807) is 71.5 Å². The van der Waals surface area contributed by atoms with Crippen LogP contribution in [0.1, 0.15) is 42.1 Å². The molecule has 1 aromatic carbocycles. The van der Waals surface area contributed by atoms with Crippen molar-refractivity contribution in [1.82, 2.24) is 19.4 Å². The van der Waals surface area contributed by atoms with E-state index in [9.17, 15) is 14.4 Å². The SMILES string of the molecule is CN(C)C(=O)n1cc(C(=O)[C@@H]2CSC(c3cccnc3)N2C(=O)OC(C)(C)C)c2ccc(Cl)cc21. The molecule has 1 saturated heterocycles. The summed E-state index contributed by atoms with van der Waals surface area (Å²) in [5, 5.41) is 0.609. The number of aromatic nitrogens is 2. The second-order valence-corrected chi connectivity index (χ2v) is 11.0. The van der Waals surface area contributed by atoms with Crippen LogP contribution in [0.3, 0.4) is 0 Å². The summed E-state index contributed by atoms with van der Waals surface area (Å²) in [7, 11) is 3.27. The van der Waals surface area contributed by atoms with Gasteiger partial charge in [0, 0.05) is 60.0 Å². The number of ether oxygens (including phenoxy) is 1. The normalized spacial score (nSPS) is 18.1. The number of pyridine rings is 1. The predicted octanol–water partition coefficient (Wildman–Crippen LogP) is 5.45. The van der Waals surface area contributed by atoms with Crippen molar-refractivity contribution < 1.29 is 19.1 Å². The third-order valence-corrected chi connectivity index (χ3v) is 7.06. The second kappa shape index (κ2) is 9.54. The lowest BCUT2D eigenvalue weighted by Crippen LogP contribution is -2.45. The van der Waals surface area contributed by atoms with Gasteiger partial charge in [-0.3, -0.25) is 19.2 Å². The van der Waals surface area contributed by atoms with Crippen LogP contribution in [0.25, 0.3) is 10.9 Å². The molecule has 0 bridgehead atoms. The molecule has 8 nitrogen and oxygen atoms in total. The van der Waals surface area contributed by atoms with Crippen molar-refractivity contribution in [2.45, 2.75) is 37.8 Å². The first kappa shape index (κ1) is 25.1. The molecule has 0 radical (unpaired) electrons. The van der Waals surface area contributed by atoms with Gasteiger partial charge in [0.05, 0.1) is 5.52 Å². The second-order valence-electron chi connectivity index (χ2n) is 9.49. The van der Waals surface area contributed by atoms with E-state index in [0.29, 0.717) is 27.2 Å². The van der Waals surface area contributed by atoms with Gasteiger partial charge >= 0.3 is 12.1 Å². The van der Waals surface area contributed by atoms with Gasteiger partial charge in [0.15, 0.2) is 5.78 Å². The van der Waals surface area contributed by atoms with E-state index in [0.717, 1.165) is 5.56 Å². The molecule has 1 aliphatic rings. The number of hydrogen-bond donors (Lipinski definition) is 0. The van der Waals surface area contributed by atoms with Gasteiger partial charge in [-0.05, 0) is 39.0 Å². The summed E-state index contributed by atoms with van der Waals surface area (Å²) >= 11 is 7.68. The topological polar surface area (TPSA) is 84.7 Å². The summed E-state index contributed by atoms with van der Waals surface area (Å²) in [4.78, 5) is 47.2. The van der Waals surface area contributed by atoms with Gasteiger partial charge in [-0.2, -0.15) is 0 Å². The lowest BCUT2D eigenvalue weighted by molar-refractivity contribution is 0.0173. The fraction of sp³-hybridized carbons (Fsp3) is 0.360. The Bertz CT molecular complexity index is 1290. The molecule has 1 unspecified atom stereocenters. The fourth-order valence-corrected chi connectivity index (χ4v) is 5.54. The summed E-state index contributed by atoms with van der Waals surface area (Å²) in [6.45, 7) is 5.36. The molecule has 3 heterocycles. The van der Waals surface area contributed by atoms with Crippen LogP contribution in [0.4, 0.5) is 9.59 Å². The highest BCUT2D eigenvalue weighted by Gasteiger charge is 2.45. The quantitative estimate of drug-likeness (QED) is 0.432. The van der Waals surface area contributed by atoms with Gasteiger partial charge in [0.1, 0.15) is 17.0 Å². The maximum atomic E-state index is 14.0. The largest absolute Gasteiger partial charge is 0.444 e. The number of fused-ring (bicyclic) bond motifs is 1. The highest BCUT2D eigenvalue weighted by molar-refractivity contribution is 7.99. The first-order valence-corrected chi connectivity index (χ1v) is 12.5. The number of ketones is 1. The predicted molar refractivity (Wildman–Crippen MR) is 137 cm³/mol. The molecular weight excluding hydrogens is 488 g/mol. The Kier molecular flexibility index (Phi) is 6.83. The van der Waals surface area contributed by atoms with E-state index in [1.165, 1.54) is 32.3 Å². The lowest BCUT2D eigenvalue weighted by atomic mass is 10.0. The van der Waals surface area contributed by atoms with Gasteiger partial charge in [-0.15, -0.1) is 11.8 Å². The van der Waals surface area contributed by atoms with Gasteiger partial charge in [0.2, 0.25) is 0 Å². The molecule has 2 atom stereocenters. The highest BCUT2D eigenvalue weighted by atomic mass is 35.5. The van der Waals surface area contributed by atoms with E-state index < -0.39 is 23.1 Å². The molecule has 184 valence electrons. The Morgan fingerprint density at radius 3 is 2.57 bits per heavy atom. The Balaban J connectivity index is 1.78. The van der Waals surface area contributed by atoms with E-state index in [1.807, 2.05) is 6.07 Å². The van der Waals surface area contributed by atoms with Crippen molar-refractivity contribution in [2.24, 2.45) is 0 Å². The number of Topliss-reactive ketones (excluding diaryl/α,β-unsaturated/α-hetero) is 1. The molecule has 35 heavy (non-hydrogen) atoms. The molecule has 3 aromatic rings. The first-order valence-electron chi connectivity index (χ1n) is 11.1.